The first-order chi connectivity index (χ1) is 18.1. The zero-order valence-electron chi connectivity index (χ0n) is 21.7. The van der Waals surface area contributed by atoms with E-state index in [1.165, 1.54) is 28.6 Å². The van der Waals surface area contributed by atoms with Crippen molar-refractivity contribution in [3.63, 3.8) is 0 Å². The van der Waals surface area contributed by atoms with Crippen LogP contribution in [0.1, 0.15) is 25.8 Å². The molecule has 4 N–H and O–H groups in total. The van der Waals surface area contributed by atoms with Gasteiger partial charge in [-0.3, -0.25) is 0 Å². The molecule has 11 heteroatoms. The number of amides is 1. The number of carbonyl (C=O) groups excluding carboxylic acids is 1. The third-order valence-corrected chi connectivity index (χ3v) is 8.63. The number of nitrogens with one attached hydrogen (secondary N) is 1. The number of nitrogens with zero attached hydrogens (tertiary/aromatic N) is 1. The predicted octanol–water partition coefficient (Wildman–Crippen LogP) is 2.38. The van der Waals surface area contributed by atoms with Crippen LogP contribution in [0.4, 0.5) is 10.5 Å². The lowest BCUT2D eigenvalue weighted by Gasteiger charge is -2.31. The molecular formula is C27H37N3O7S. The lowest BCUT2D eigenvalue weighted by Crippen LogP contribution is -2.51. The third kappa shape index (κ3) is 7.03. The van der Waals surface area contributed by atoms with Crippen molar-refractivity contribution in [2.24, 2.45) is 11.8 Å². The number of nitrogen functional groups attached to an aromatic ring is 1. The van der Waals surface area contributed by atoms with Crippen LogP contribution in [0, 0.1) is 11.8 Å². The Morgan fingerprint density at radius 3 is 2.53 bits per heavy atom. The van der Waals surface area contributed by atoms with Crippen LogP contribution in [0.3, 0.4) is 0 Å². The minimum Gasteiger partial charge on any atom is -0.443 e. The van der Waals surface area contributed by atoms with Gasteiger partial charge in [0, 0.05) is 18.8 Å². The van der Waals surface area contributed by atoms with Crippen molar-refractivity contribution in [2.75, 3.05) is 32.0 Å². The fourth-order valence-corrected chi connectivity index (χ4v) is 6.45. The summed E-state index contributed by atoms with van der Waals surface area (Å²) in [5.74, 6) is -0.0231. The van der Waals surface area contributed by atoms with Crippen LogP contribution in [0.25, 0.3) is 0 Å². The van der Waals surface area contributed by atoms with Crippen molar-refractivity contribution in [1.82, 2.24) is 9.62 Å². The number of ether oxygens (including phenoxy) is 3. The molecule has 208 valence electrons. The second-order valence-electron chi connectivity index (χ2n) is 10.3. The van der Waals surface area contributed by atoms with Gasteiger partial charge in [0.2, 0.25) is 10.0 Å². The lowest BCUT2D eigenvalue weighted by atomic mass is 10.0. The van der Waals surface area contributed by atoms with Crippen molar-refractivity contribution < 1.29 is 32.5 Å². The van der Waals surface area contributed by atoms with Crippen LogP contribution >= 0.6 is 0 Å². The van der Waals surface area contributed by atoms with Gasteiger partial charge in [0.1, 0.15) is 6.10 Å². The van der Waals surface area contributed by atoms with Gasteiger partial charge in [0.25, 0.3) is 0 Å². The minimum atomic E-state index is -3.93. The molecule has 2 heterocycles. The average Bonchev–Trinajstić information content (AvgIpc) is 3.49. The molecule has 2 aromatic rings. The van der Waals surface area contributed by atoms with Gasteiger partial charge in [-0.1, -0.05) is 44.2 Å². The molecule has 0 unspecified atom stereocenters. The highest BCUT2D eigenvalue weighted by Crippen LogP contribution is 2.33. The quantitative estimate of drug-likeness (QED) is 0.361. The summed E-state index contributed by atoms with van der Waals surface area (Å²) in [4.78, 5) is 13.0. The Balaban J connectivity index is 1.51. The van der Waals surface area contributed by atoms with Crippen molar-refractivity contribution in [3.05, 3.63) is 60.2 Å². The molecule has 0 radical (unpaired) electrons. The number of rotatable bonds is 11. The number of anilines is 1. The number of nitrogens with two attached hydrogens (primary N) is 1. The smallest absolute Gasteiger partial charge is 0.407 e. The van der Waals surface area contributed by atoms with Crippen LogP contribution in [0.2, 0.25) is 0 Å². The standard InChI is InChI=1S/C27H37N3O7S/c1-18(2)15-30(38(33,34)21-10-8-20(28)9-11-21)16-24(31)23(14-19-6-4-3-5-7-19)29-27(32)37-25-17-36-26-22(25)12-13-35-26/h3-11,18,22-26,31H,12-17,28H2,1-2H3,(H,29,32)/t22-,23-,24+,25-,26+/m0/s1/i8+1,9+1,10+1,11+1,20+1,21+1. The second kappa shape index (κ2) is 12.4. The van der Waals surface area contributed by atoms with Gasteiger partial charge in [0.05, 0.1) is 36.2 Å². The SMILES string of the molecule is CC(C)CN(C[C@@H](O)[C@H](Cc1ccccc1)NC(=O)O[C@H]1CO[C@H]2OCC[C@H]21)S(=O)(=O)[13c]1[13cH][13cH][13c](N)[13cH][13cH]1. The van der Waals surface area contributed by atoms with Crippen LogP contribution in [0.5, 0.6) is 0 Å². The number of alkyl carbamates (subject to hydrolysis) is 1. The van der Waals surface area contributed by atoms with E-state index < -0.39 is 34.4 Å². The Kier molecular flexibility index (Phi) is 9.27. The third-order valence-electron chi connectivity index (χ3n) is 6.79. The zero-order chi connectivity index (χ0) is 27.3. The molecule has 10 nitrogen and oxygen atoms in total. The number of aliphatic hydroxyl groups is 1. The topological polar surface area (TPSA) is 140 Å². The van der Waals surface area contributed by atoms with E-state index in [4.69, 9.17) is 19.9 Å². The van der Waals surface area contributed by atoms with Crippen LogP contribution in [0.15, 0.2) is 59.5 Å². The molecule has 38 heavy (non-hydrogen) atoms. The van der Waals surface area contributed by atoms with Crippen molar-refractivity contribution in [3.8, 4) is 0 Å². The summed E-state index contributed by atoms with van der Waals surface area (Å²) in [6.07, 6.45) is -1.69. The number of aliphatic hydroxyl groups excluding tert-OH is 1. The van der Waals surface area contributed by atoms with E-state index in [9.17, 15) is 18.3 Å². The summed E-state index contributed by atoms with van der Waals surface area (Å²) in [7, 11) is -3.93. The Morgan fingerprint density at radius 2 is 1.84 bits per heavy atom. The van der Waals surface area contributed by atoms with Crippen LogP contribution < -0.4 is 11.1 Å². The molecule has 2 saturated heterocycles. The monoisotopic (exact) mass is 553 g/mol. The molecule has 1 amide bonds. The van der Waals surface area contributed by atoms with E-state index >= 15 is 0 Å². The second-order valence-corrected chi connectivity index (χ2v) is 12.2. The largest absolute Gasteiger partial charge is 0.443 e. The molecule has 2 fully saturated rings. The van der Waals surface area contributed by atoms with Gasteiger partial charge in [-0.25, -0.2) is 13.2 Å². The number of hydrogen-bond acceptors (Lipinski definition) is 8. The summed E-state index contributed by atoms with van der Waals surface area (Å²) in [6.45, 7) is 4.58. The van der Waals surface area contributed by atoms with E-state index in [0.29, 0.717) is 12.3 Å². The Morgan fingerprint density at radius 1 is 1.13 bits per heavy atom. The van der Waals surface area contributed by atoms with Gasteiger partial charge in [0.15, 0.2) is 6.29 Å². The van der Waals surface area contributed by atoms with Crippen LogP contribution in [-0.4, -0.2) is 74.8 Å². The maximum atomic E-state index is 13.5. The van der Waals surface area contributed by atoms with E-state index in [1.54, 1.807) is 0 Å². The summed E-state index contributed by atoms with van der Waals surface area (Å²) in [5.41, 5.74) is 7.07. The van der Waals surface area contributed by atoms with Crippen molar-refractivity contribution in [2.45, 2.75) is 56.1 Å². The number of sulfonamides is 1. The molecule has 0 aromatic heterocycles. The molecule has 0 aliphatic carbocycles. The molecule has 2 aliphatic heterocycles. The van der Waals surface area contributed by atoms with Crippen molar-refractivity contribution >= 4 is 21.8 Å². The first kappa shape index (κ1) is 28.3. The molecule has 0 bridgehead atoms. The van der Waals surface area contributed by atoms with Gasteiger partial charge < -0.3 is 30.4 Å². The minimum absolute atomic E-state index is 0.000183. The molecule has 0 saturated carbocycles. The Hall–Kier alpha value is -2.70. The summed E-state index contributed by atoms with van der Waals surface area (Å²) >= 11 is 0. The van der Waals surface area contributed by atoms with Gasteiger partial charge in [-0.2, -0.15) is 4.31 Å². The van der Waals surface area contributed by atoms with E-state index in [0.717, 1.165) is 12.0 Å². The highest BCUT2D eigenvalue weighted by Gasteiger charge is 2.44. The maximum absolute atomic E-state index is 13.5. The van der Waals surface area contributed by atoms with Gasteiger partial charge in [-0.15, -0.1) is 0 Å². The number of carbonyl (C=O) groups is 1. The molecule has 2 aliphatic rings. The number of hydrogen-bond donors (Lipinski definition) is 3. The van der Waals surface area contributed by atoms with E-state index in [-0.39, 0.29) is 49.1 Å². The first-order valence-corrected chi connectivity index (χ1v) is 14.4. The normalized spacial score (nSPS) is 22.8. The summed E-state index contributed by atoms with van der Waals surface area (Å²) in [6, 6.07) is 14.5. The molecule has 0 spiro atoms. The molecule has 2 aromatic carbocycles. The van der Waals surface area contributed by atoms with Gasteiger partial charge in [-0.05, 0) is 48.6 Å². The highest BCUT2D eigenvalue weighted by molar-refractivity contribution is 7.89. The lowest BCUT2D eigenvalue weighted by molar-refractivity contribution is -0.0907. The molecule has 5 atom stereocenters. The fourth-order valence-electron chi connectivity index (χ4n) is 4.82. The summed E-state index contributed by atoms with van der Waals surface area (Å²) in [5, 5.41) is 14.1. The highest BCUT2D eigenvalue weighted by atomic mass is 32.2. The maximum Gasteiger partial charge on any atom is 0.407 e. The predicted molar refractivity (Wildman–Crippen MR) is 142 cm³/mol. The number of fused-ring (bicyclic) bond motifs is 1. The molecular weight excluding hydrogens is 516 g/mol. The average molecular weight is 554 g/mol. The Labute approximate surface area is 224 Å². The Bertz CT molecular complexity index is 1160. The number of benzene rings is 2. The molecule has 4 rings (SSSR count). The summed E-state index contributed by atoms with van der Waals surface area (Å²) < 4.78 is 44.9. The van der Waals surface area contributed by atoms with Gasteiger partial charge >= 0.3 is 6.09 Å². The van der Waals surface area contributed by atoms with E-state index in [2.05, 4.69) is 5.32 Å². The van der Waals surface area contributed by atoms with E-state index in [1.807, 2.05) is 44.2 Å². The zero-order valence-corrected chi connectivity index (χ0v) is 22.5. The first-order valence-electron chi connectivity index (χ1n) is 12.9. The van der Waals surface area contributed by atoms with Crippen LogP contribution in [-0.2, 0) is 30.7 Å². The fraction of sp³-hybridized carbons (Fsp3) is 0.519. The van der Waals surface area contributed by atoms with Crippen molar-refractivity contribution in [1.29, 1.82) is 0 Å².